The number of rotatable bonds is 6. The van der Waals surface area contributed by atoms with Crippen LogP contribution in [0.4, 0.5) is 0 Å². The Hall–Kier alpha value is -8.40. The van der Waals surface area contributed by atoms with Crippen molar-refractivity contribution in [3.05, 3.63) is 236 Å². The second-order valence-corrected chi connectivity index (χ2v) is 21.8. The lowest BCUT2D eigenvalue weighted by Gasteiger charge is -2.44. The standard InChI is InChI=1S/C69H55N3/c1-67(2)57-42-53(65(43-58(57)68(3,4)69(67,5)6)72-60-31-19-17-28-52(60)66-50(29-20-32-64(66)72)44-21-10-7-11-22-44)47-35-38-63-56(41-47)55-40-46(34-37-62(55)71(63)49-25-14-9-15-26-49)45-33-36-61-54(39-45)51-27-16-18-30-59(51)70(61)48-23-12-8-13-24-48/h7-43H,1-6H3. The van der Waals surface area contributed by atoms with Crippen LogP contribution in [0.1, 0.15) is 52.7 Å². The molecule has 0 N–H and O–H groups in total. The van der Waals surface area contributed by atoms with E-state index in [1.165, 1.54) is 121 Å². The second kappa shape index (κ2) is 15.3. The Morgan fingerprint density at radius 2 is 0.708 bits per heavy atom. The van der Waals surface area contributed by atoms with Crippen LogP contribution in [0.15, 0.2) is 224 Å². The molecule has 72 heavy (non-hydrogen) atoms. The first-order valence-corrected chi connectivity index (χ1v) is 25.5. The average Bonchev–Trinajstić information content (AvgIpc) is 4.08. The number of para-hydroxylation sites is 4. The number of benzene rings is 10. The lowest BCUT2D eigenvalue weighted by atomic mass is 9.59. The summed E-state index contributed by atoms with van der Waals surface area (Å²) in [6.07, 6.45) is 0. The Balaban J connectivity index is 1.03. The summed E-state index contributed by atoms with van der Waals surface area (Å²) in [7, 11) is 0. The number of fused-ring (bicyclic) bond motifs is 10. The molecule has 0 spiro atoms. The highest BCUT2D eigenvalue weighted by Crippen LogP contribution is 2.63. The molecular formula is C69H55N3. The zero-order valence-electron chi connectivity index (χ0n) is 41.7. The van der Waals surface area contributed by atoms with Gasteiger partial charge in [-0.05, 0) is 146 Å². The fraction of sp³-hybridized carbons (Fsp3) is 0.130. The van der Waals surface area contributed by atoms with Crippen molar-refractivity contribution in [1.82, 2.24) is 13.7 Å². The molecule has 0 amide bonds. The highest BCUT2D eigenvalue weighted by Gasteiger charge is 2.57. The van der Waals surface area contributed by atoms with Gasteiger partial charge in [-0.25, -0.2) is 0 Å². The molecule has 0 aliphatic heterocycles. The van der Waals surface area contributed by atoms with Gasteiger partial charge in [0.25, 0.3) is 0 Å². The number of hydrogen-bond donors (Lipinski definition) is 0. The molecule has 3 nitrogen and oxygen atoms in total. The monoisotopic (exact) mass is 925 g/mol. The third-order valence-electron chi connectivity index (χ3n) is 17.7. The van der Waals surface area contributed by atoms with E-state index in [9.17, 15) is 0 Å². The molecule has 1 aliphatic carbocycles. The minimum Gasteiger partial charge on any atom is -0.309 e. The quantitative estimate of drug-likeness (QED) is 0.158. The maximum absolute atomic E-state index is 2.58. The molecule has 0 saturated heterocycles. The van der Waals surface area contributed by atoms with E-state index < -0.39 is 0 Å². The van der Waals surface area contributed by atoms with Gasteiger partial charge in [0.2, 0.25) is 0 Å². The average molecular weight is 926 g/mol. The summed E-state index contributed by atoms with van der Waals surface area (Å²) in [5, 5.41) is 7.51. The van der Waals surface area contributed by atoms with Crippen LogP contribution >= 0.6 is 0 Å². The van der Waals surface area contributed by atoms with Gasteiger partial charge in [-0.15, -0.1) is 0 Å². The van der Waals surface area contributed by atoms with Crippen LogP contribution in [0.2, 0.25) is 0 Å². The van der Waals surface area contributed by atoms with Gasteiger partial charge in [0, 0.05) is 49.3 Å². The van der Waals surface area contributed by atoms with E-state index in [2.05, 4.69) is 280 Å². The highest BCUT2D eigenvalue weighted by atomic mass is 15.0. The van der Waals surface area contributed by atoms with E-state index in [1.54, 1.807) is 0 Å². The van der Waals surface area contributed by atoms with E-state index in [-0.39, 0.29) is 16.2 Å². The zero-order valence-corrected chi connectivity index (χ0v) is 41.7. The van der Waals surface area contributed by atoms with Crippen LogP contribution in [-0.2, 0) is 10.8 Å². The molecule has 3 heterocycles. The maximum Gasteiger partial charge on any atom is 0.0547 e. The normalized spacial score (nSPS) is 14.9. The van der Waals surface area contributed by atoms with Crippen LogP contribution in [0, 0.1) is 5.41 Å². The molecule has 0 fully saturated rings. The first-order chi connectivity index (χ1) is 35.0. The lowest BCUT2D eigenvalue weighted by Crippen LogP contribution is -2.42. The van der Waals surface area contributed by atoms with E-state index in [1.807, 2.05) is 0 Å². The molecule has 0 saturated carbocycles. The minimum atomic E-state index is -0.0873. The smallest absolute Gasteiger partial charge is 0.0547 e. The van der Waals surface area contributed by atoms with Crippen LogP contribution in [0.5, 0.6) is 0 Å². The Labute approximate surface area is 420 Å². The molecule has 3 aromatic heterocycles. The van der Waals surface area contributed by atoms with Gasteiger partial charge in [0.05, 0.1) is 38.8 Å². The summed E-state index contributed by atoms with van der Waals surface area (Å²) >= 11 is 0. The Morgan fingerprint density at radius 1 is 0.278 bits per heavy atom. The van der Waals surface area contributed by atoms with Gasteiger partial charge in [0.1, 0.15) is 0 Å². The van der Waals surface area contributed by atoms with Gasteiger partial charge in [-0.2, -0.15) is 0 Å². The van der Waals surface area contributed by atoms with Crippen molar-refractivity contribution < 1.29 is 0 Å². The predicted octanol–water partition coefficient (Wildman–Crippen LogP) is 18.6. The highest BCUT2D eigenvalue weighted by molar-refractivity contribution is 6.17. The Bertz CT molecular complexity index is 4330. The molecule has 3 heteroatoms. The summed E-state index contributed by atoms with van der Waals surface area (Å²) in [6, 6.07) is 83.6. The topological polar surface area (TPSA) is 14.8 Å². The van der Waals surface area contributed by atoms with Crippen molar-refractivity contribution in [2.75, 3.05) is 0 Å². The van der Waals surface area contributed by atoms with Crippen LogP contribution < -0.4 is 0 Å². The van der Waals surface area contributed by atoms with E-state index in [0.29, 0.717) is 0 Å². The number of hydrogen-bond acceptors (Lipinski definition) is 0. The van der Waals surface area contributed by atoms with Gasteiger partial charge < -0.3 is 13.7 Å². The third kappa shape index (κ3) is 5.85. The van der Waals surface area contributed by atoms with Crippen molar-refractivity contribution >= 4 is 65.4 Å². The molecule has 0 radical (unpaired) electrons. The largest absolute Gasteiger partial charge is 0.309 e. The van der Waals surface area contributed by atoms with Gasteiger partial charge in [-0.3, -0.25) is 0 Å². The fourth-order valence-electron chi connectivity index (χ4n) is 12.9. The second-order valence-electron chi connectivity index (χ2n) is 21.8. The summed E-state index contributed by atoms with van der Waals surface area (Å²) in [5.41, 5.74) is 20.7. The van der Waals surface area contributed by atoms with Gasteiger partial charge in [-0.1, -0.05) is 175 Å². The minimum absolute atomic E-state index is 0.0114. The SMILES string of the molecule is CC1(C)c2cc(-c3ccc4c(c3)c3cc(-c5ccc6c(c5)c5ccccc5n6-c5ccccc5)ccc3n4-c3ccccc3)c(-n3c4ccccc4c4c(-c5ccccc5)cccc43)cc2C(C)(C)C1(C)C. The first-order valence-electron chi connectivity index (χ1n) is 25.5. The van der Waals surface area contributed by atoms with E-state index in [0.717, 1.165) is 5.69 Å². The van der Waals surface area contributed by atoms with Crippen LogP contribution in [0.25, 0.3) is 116 Å². The lowest BCUT2D eigenvalue weighted by molar-refractivity contribution is 0.125. The van der Waals surface area contributed by atoms with Crippen molar-refractivity contribution in [3.8, 4) is 50.4 Å². The number of nitrogens with zero attached hydrogens (tertiary/aromatic N) is 3. The maximum atomic E-state index is 2.58. The van der Waals surface area contributed by atoms with Gasteiger partial charge in [0.15, 0.2) is 0 Å². The van der Waals surface area contributed by atoms with Crippen molar-refractivity contribution in [1.29, 1.82) is 0 Å². The Morgan fingerprint density at radius 3 is 1.29 bits per heavy atom. The number of aromatic nitrogens is 3. The molecule has 14 rings (SSSR count). The Kier molecular flexibility index (Phi) is 9.03. The molecule has 10 aromatic carbocycles. The first kappa shape index (κ1) is 42.5. The molecule has 0 atom stereocenters. The summed E-state index contributed by atoms with van der Waals surface area (Å²) in [6.45, 7) is 14.8. The van der Waals surface area contributed by atoms with Crippen molar-refractivity contribution in [2.24, 2.45) is 5.41 Å². The van der Waals surface area contributed by atoms with Crippen LogP contribution in [0.3, 0.4) is 0 Å². The van der Waals surface area contributed by atoms with Crippen LogP contribution in [-0.4, -0.2) is 13.7 Å². The van der Waals surface area contributed by atoms with E-state index >= 15 is 0 Å². The van der Waals surface area contributed by atoms with E-state index in [4.69, 9.17) is 0 Å². The molecular weight excluding hydrogens is 871 g/mol. The molecule has 13 aromatic rings. The molecule has 346 valence electrons. The van der Waals surface area contributed by atoms with Crippen molar-refractivity contribution in [3.63, 3.8) is 0 Å². The molecule has 0 bridgehead atoms. The predicted molar refractivity (Wildman–Crippen MR) is 306 cm³/mol. The van der Waals surface area contributed by atoms with Crippen molar-refractivity contribution in [2.45, 2.75) is 52.4 Å². The summed E-state index contributed by atoms with van der Waals surface area (Å²) < 4.78 is 7.41. The van der Waals surface area contributed by atoms with Gasteiger partial charge >= 0.3 is 0 Å². The summed E-state index contributed by atoms with van der Waals surface area (Å²) in [5.74, 6) is 0. The molecule has 0 unspecified atom stereocenters. The zero-order chi connectivity index (χ0) is 48.7. The third-order valence-corrected chi connectivity index (χ3v) is 17.7. The summed E-state index contributed by atoms with van der Waals surface area (Å²) in [4.78, 5) is 0. The molecule has 1 aliphatic rings. The fourth-order valence-corrected chi connectivity index (χ4v) is 12.9.